The smallest absolute Gasteiger partial charge is 0.234 e. The normalized spacial score (nSPS) is 11.0. The molecule has 16 heavy (non-hydrogen) atoms. The van der Waals surface area contributed by atoms with Crippen molar-refractivity contribution in [2.45, 2.75) is 26.7 Å². The second kappa shape index (κ2) is 4.09. The number of hydrogen-bond acceptors (Lipinski definition) is 1. The van der Waals surface area contributed by atoms with Crippen LogP contribution in [-0.2, 0) is 4.79 Å². The summed E-state index contributed by atoms with van der Waals surface area (Å²) >= 11 is 0. The molecule has 81 valence electrons. The van der Waals surface area contributed by atoms with Crippen LogP contribution in [-0.4, -0.2) is 6.29 Å². The lowest BCUT2D eigenvalue weighted by atomic mass is 9.95. The Bertz CT molecular complexity index is 538. The van der Waals surface area contributed by atoms with E-state index in [0.29, 0.717) is 11.5 Å². The zero-order chi connectivity index (χ0) is 11.7. The van der Waals surface area contributed by atoms with Crippen LogP contribution in [0.1, 0.15) is 36.5 Å². The second-order valence-corrected chi connectivity index (χ2v) is 4.49. The first kappa shape index (κ1) is 10.9. The van der Waals surface area contributed by atoms with E-state index < -0.39 is 0 Å². The molecule has 2 rings (SSSR count). The van der Waals surface area contributed by atoms with Crippen LogP contribution in [0.25, 0.3) is 10.8 Å². The molecule has 0 N–H and O–H groups in total. The first-order chi connectivity index (χ1) is 7.63. The molecule has 0 spiro atoms. The number of carbonyl (C=O) groups excluding carboxylic acids is 1. The minimum absolute atomic E-state index is 0.507. The summed E-state index contributed by atoms with van der Waals surface area (Å²) in [5.74, 6) is 0.507. The van der Waals surface area contributed by atoms with Gasteiger partial charge in [0.25, 0.3) is 0 Å². The van der Waals surface area contributed by atoms with E-state index in [1.807, 2.05) is 24.5 Å². The molecule has 1 heteroatoms. The van der Waals surface area contributed by atoms with Crippen molar-refractivity contribution in [1.29, 1.82) is 0 Å². The summed E-state index contributed by atoms with van der Waals surface area (Å²) in [6, 6.07) is 10.1. The monoisotopic (exact) mass is 211 g/mol. The van der Waals surface area contributed by atoms with Gasteiger partial charge in [-0.05, 0) is 40.8 Å². The number of hydrogen-bond donors (Lipinski definition) is 0. The second-order valence-electron chi connectivity index (χ2n) is 4.49. The molecule has 0 bridgehead atoms. The number of benzene rings is 2. The highest BCUT2D eigenvalue weighted by molar-refractivity contribution is 5.99. The molecule has 0 fully saturated rings. The Kier molecular flexibility index (Phi) is 2.78. The topological polar surface area (TPSA) is 17.1 Å². The maximum Gasteiger partial charge on any atom is 0.234 e. The van der Waals surface area contributed by atoms with Gasteiger partial charge in [-0.2, -0.15) is 0 Å². The Morgan fingerprint density at radius 1 is 1.06 bits per heavy atom. The van der Waals surface area contributed by atoms with Crippen LogP contribution >= 0.6 is 0 Å². The Morgan fingerprint density at radius 2 is 1.81 bits per heavy atom. The summed E-state index contributed by atoms with van der Waals surface area (Å²) in [5.41, 5.74) is 3.16. The zero-order valence-corrected chi connectivity index (χ0v) is 9.87. The first-order valence-corrected chi connectivity index (χ1v) is 5.55. The van der Waals surface area contributed by atoms with E-state index in [-0.39, 0.29) is 0 Å². The van der Waals surface area contributed by atoms with Crippen LogP contribution in [0.4, 0.5) is 0 Å². The Balaban J connectivity index is 2.77. The van der Waals surface area contributed by atoms with Gasteiger partial charge < -0.3 is 0 Å². The van der Waals surface area contributed by atoms with Gasteiger partial charge in [0.15, 0.2) is 0 Å². The highest BCUT2D eigenvalue weighted by atomic mass is 16.1. The molecule has 0 unspecified atom stereocenters. The van der Waals surface area contributed by atoms with E-state index in [0.717, 1.165) is 10.8 Å². The molecule has 0 amide bonds. The molecule has 0 aliphatic rings. The third-order valence-corrected chi connectivity index (χ3v) is 3.04. The molecule has 0 heterocycles. The van der Waals surface area contributed by atoms with Crippen molar-refractivity contribution in [2.24, 2.45) is 0 Å². The van der Waals surface area contributed by atoms with Crippen molar-refractivity contribution in [3.05, 3.63) is 47.0 Å². The minimum Gasteiger partial charge on any atom is -0.285 e. The molecule has 0 saturated heterocycles. The SMILES string of the molecule is Cc1ccc([C]=O)c2ccc(C(C)C)cc12. The van der Waals surface area contributed by atoms with Crippen molar-refractivity contribution in [3.8, 4) is 0 Å². The van der Waals surface area contributed by atoms with Crippen molar-refractivity contribution < 1.29 is 4.79 Å². The molecule has 1 nitrogen and oxygen atoms in total. The standard InChI is InChI=1S/C15H15O/c1-10(2)12-6-7-14-13(9-16)5-4-11(3)15(14)8-12/h4-8,10H,1-3H3. The molecule has 0 saturated carbocycles. The largest absolute Gasteiger partial charge is 0.285 e. The van der Waals surface area contributed by atoms with Gasteiger partial charge in [-0.3, -0.25) is 4.79 Å². The van der Waals surface area contributed by atoms with E-state index >= 15 is 0 Å². The van der Waals surface area contributed by atoms with Gasteiger partial charge in [0.2, 0.25) is 6.29 Å². The highest BCUT2D eigenvalue weighted by Crippen LogP contribution is 2.25. The Labute approximate surface area is 96.1 Å². The predicted octanol–water partition coefficient (Wildman–Crippen LogP) is 3.73. The molecule has 2 aromatic carbocycles. The lowest BCUT2D eigenvalue weighted by Crippen LogP contribution is -1.91. The summed E-state index contributed by atoms with van der Waals surface area (Å²) in [4.78, 5) is 10.8. The maximum atomic E-state index is 10.8. The van der Waals surface area contributed by atoms with Crippen LogP contribution in [0, 0.1) is 6.92 Å². The van der Waals surface area contributed by atoms with Crippen molar-refractivity contribution in [1.82, 2.24) is 0 Å². The average molecular weight is 211 g/mol. The van der Waals surface area contributed by atoms with Crippen LogP contribution in [0.2, 0.25) is 0 Å². The summed E-state index contributed by atoms with van der Waals surface area (Å²) in [7, 11) is 0. The quantitative estimate of drug-likeness (QED) is 0.739. The van der Waals surface area contributed by atoms with Crippen molar-refractivity contribution in [3.63, 3.8) is 0 Å². The summed E-state index contributed by atoms with van der Waals surface area (Å²) in [6.45, 7) is 6.42. The highest BCUT2D eigenvalue weighted by Gasteiger charge is 2.06. The first-order valence-electron chi connectivity index (χ1n) is 5.55. The average Bonchev–Trinajstić information content (AvgIpc) is 2.29. The summed E-state index contributed by atoms with van der Waals surface area (Å²) in [5, 5.41) is 2.16. The van der Waals surface area contributed by atoms with Crippen molar-refractivity contribution >= 4 is 17.1 Å². The third-order valence-electron chi connectivity index (χ3n) is 3.04. The van der Waals surface area contributed by atoms with E-state index in [9.17, 15) is 4.79 Å². The zero-order valence-electron chi connectivity index (χ0n) is 9.87. The Hall–Kier alpha value is -1.63. The van der Waals surface area contributed by atoms with E-state index in [2.05, 4.69) is 32.9 Å². The predicted molar refractivity (Wildman–Crippen MR) is 67.6 cm³/mol. The van der Waals surface area contributed by atoms with Crippen LogP contribution in [0.5, 0.6) is 0 Å². The fraction of sp³-hybridized carbons (Fsp3) is 0.267. The molecule has 1 radical (unpaired) electrons. The molecular weight excluding hydrogens is 196 g/mol. The minimum atomic E-state index is 0.507. The van der Waals surface area contributed by atoms with Crippen molar-refractivity contribution in [2.75, 3.05) is 0 Å². The molecule has 0 aliphatic carbocycles. The van der Waals surface area contributed by atoms with E-state index in [1.54, 1.807) is 0 Å². The van der Waals surface area contributed by atoms with Gasteiger partial charge in [-0.15, -0.1) is 0 Å². The van der Waals surface area contributed by atoms with E-state index in [1.165, 1.54) is 11.1 Å². The Morgan fingerprint density at radius 3 is 2.44 bits per heavy atom. The number of fused-ring (bicyclic) bond motifs is 1. The van der Waals surface area contributed by atoms with Crippen LogP contribution in [0.3, 0.4) is 0 Å². The molecule has 0 atom stereocenters. The molecule has 0 aromatic heterocycles. The van der Waals surface area contributed by atoms with Gasteiger partial charge in [0.1, 0.15) is 0 Å². The maximum absolute atomic E-state index is 10.8. The van der Waals surface area contributed by atoms with Gasteiger partial charge in [-0.25, -0.2) is 0 Å². The summed E-state index contributed by atoms with van der Waals surface area (Å²) < 4.78 is 0. The van der Waals surface area contributed by atoms with Gasteiger partial charge in [-0.1, -0.05) is 38.1 Å². The molecular formula is C15H15O. The summed E-state index contributed by atoms with van der Waals surface area (Å²) in [6.07, 6.45) is 2.00. The lowest BCUT2D eigenvalue weighted by Gasteiger charge is -2.09. The van der Waals surface area contributed by atoms with E-state index in [4.69, 9.17) is 0 Å². The van der Waals surface area contributed by atoms with Crippen LogP contribution in [0.15, 0.2) is 30.3 Å². The van der Waals surface area contributed by atoms with Gasteiger partial charge >= 0.3 is 0 Å². The third kappa shape index (κ3) is 1.73. The lowest BCUT2D eigenvalue weighted by molar-refractivity contribution is 0.563. The van der Waals surface area contributed by atoms with Gasteiger partial charge in [0.05, 0.1) is 0 Å². The number of rotatable bonds is 2. The fourth-order valence-electron chi connectivity index (χ4n) is 1.96. The number of aryl methyl sites for hydroxylation is 1. The molecule has 0 aliphatic heterocycles. The fourth-order valence-corrected chi connectivity index (χ4v) is 1.96. The van der Waals surface area contributed by atoms with Gasteiger partial charge in [0, 0.05) is 5.56 Å². The van der Waals surface area contributed by atoms with Crippen LogP contribution < -0.4 is 0 Å². The molecule has 2 aromatic rings.